The zero-order chi connectivity index (χ0) is 13.7. The second-order valence-electron chi connectivity index (χ2n) is 4.86. The van der Waals surface area contributed by atoms with E-state index in [2.05, 4.69) is 10.3 Å². The Morgan fingerprint density at radius 2 is 2.21 bits per heavy atom. The van der Waals surface area contributed by atoms with Gasteiger partial charge in [0.1, 0.15) is 5.82 Å². The van der Waals surface area contributed by atoms with Gasteiger partial charge in [0.2, 0.25) is 5.91 Å². The zero-order valence-electron chi connectivity index (χ0n) is 11.6. The summed E-state index contributed by atoms with van der Waals surface area (Å²) in [7, 11) is 3.62. The van der Waals surface area contributed by atoms with Gasteiger partial charge in [-0.05, 0) is 30.9 Å². The van der Waals surface area contributed by atoms with Crippen molar-refractivity contribution in [3.8, 4) is 0 Å². The van der Waals surface area contributed by atoms with E-state index >= 15 is 0 Å². The van der Waals surface area contributed by atoms with Crippen LogP contribution in [0, 0.1) is 5.92 Å². The van der Waals surface area contributed by atoms with Gasteiger partial charge in [-0.2, -0.15) is 0 Å². The highest BCUT2D eigenvalue weighted by Gasteiger charge is 2.20. The van der Waals surface area contributed by atoms with E-state index in [0.29, 0.717) is 12.3 Å². The molecule has 2 rings (SSSR count). The van der Waals surface area contributed by atoms with Crippen LogP contribution in [0.4, 0.5) is 11.5 Å². The lowest BCUT2D eigenvalue weighted by Crippen LogP contribution is -2.30. The van der Waals surface area contributed by atoms with Crippen molar-refractivity contribution in [1.29, 1.82) is 0 Å². The molecule has 1 fully saturated rings. The summed E-state index contributed by atoms with van der Waals surface area (Å²) in [6, 6.07) is 3.77. The summed E-state index contributed by atoms with van der Waals surface area (Å²) in [5.74, 6) is 1.40. The van der Waals surface area contributed by atoms with Gasteiger partial charge in [0.15, 0.2) is 0 Å². The normalized spacial score (nSPS) is 16.1. The number of aromatic nitrogens is 1. The molecule has 104 valence electrons. The smallest absolute Gasteiger partial charge is 0.227 e. The minimum absolute atomic E-state index is 0.144. The van der Waals surface area contributed by atoms with Crippen LogP contribution in [0.15, 0.2) is 18.3 Å². The Balaban J connectivity index is 1.93. The number of nitrogens with zero attached hydrogens (tertiary/aromatic N) is 2. The maximum atomic E-state index is 12.2. The van der Waals surface area contributed by atoms with Crippen LogP contribution in [0.5, 0.6) is 0 Å². The Morgan fingerprint density at radius 3 is 2.79 bits per heavy atom. The molecule has 19 heavy (non-hydrogen) atoms. The van der Waals surface area contributed by atoms with Crippen LogP contribution >= 0.6 is 0 Å². The molecule has 1 saturated heterocycles. The Morgan fingerprint density at radius 1 is 1.47 bits per heavy atom. The number of carbonyl (C=O) groups is 1. The van der Waals surface area contributed by atoms with E-state index in [4.69, 9.17) is 4.74 Å². The van der Waals surface area contributed by atoms with Crippen molar-refractivity contribution in [2.24, 2.45) is 5.92 Å². The predicted molar refractivity (Wildman–Crippen MR) is 75.4 cm³/mol. The number of hydrogen-bond acceptors (Lipinski definition) is 4. The van der Waals surface area contributed by atoms with Crippen LogP contribution in [-0.2, 0) is 9.53 Å². The zero-order valence-corrected chi connectivity index (χ0v) is 11.6. The molecule has 1 aliphatic heterocycles. The number of nitrogens with one attached hydrogen (secondary N) is 1. The number of ether oxygens (including phenoxy) is 1. The van der Waals surface area contributed by atoms with Crippen molar-refractivity contribution >= 4 is 17.4 Å². The van der Waals surface area contributed by atoms with Crippen LogP contribution in [0.3, 0.4) is 0 Å². The maximum absolute atomic E-state index is 12.2. The first kappa shape index (κ1) is 13.8. The van der Waals surface area contributed by atoms with Crippen LogP contribution < -0.4 is 10.2 Å². The highest BCUT2D eigenvalue weighted by atomic mass is 16.5. The Bertz CT molecular complexity index is 413. The van der Waals surface area contributed by atoms with Gasteiger partial charge in [0.25, 0.3) is 0 Å². The molecule has 0 atom stereocenters. The van der Waals surface area contributed by atoms with Gasteiger partial charge in [-0.15, -0.1) is 0 Å². The van der Waals surface area contributed by atoms with Gasteiger partial charge in [-0.1, -0.05) is 0 Å². The third-order valence-electron chi connectivity index (χ3n) is 3.57. The summed E-state index contributed by atoms with van der Waals surface area (Å²) >= 11 is 0. The van der Waals surface area contributed by atoms with Crippen LogP contribution in [-0.4, -0.2) is 38.2 Å². The molecule has 2 heterocycles. The highest BCUT2D eigenvalue weighted by molar-refractivity contribution is 5.92. The van der Waals surface area contributed by atoms with E-state index in [9.17, 15) is 4.79 Å². The standard InChI is InChI=1S/C14H21N3O2/c1-15-13-4-3-12(10-16-13)17(2)14(18)9-11-5-7-19-8-6-11/h3-4,10-11H,5-9H2,1-2H3,(H,15,16). The molecule has 5 nitrogen and oxygen atoms in total. The lowest BCUT2D eigenvalue weighted by molar-refractivity contribution is -0.119. The number of carbonyl (C=O) groups excluding carboxylic acids is 1. The van der Waals surface area contributed by atoms with Crippen molar-refractivity contribution in [3.63, 3.8) is 0 Å². The monoisotopic (exact) mass is 263 g/mol. The Hall–Kier alpha value is -1.62. The van der Waals surface area contributed by atoms with Gasteiger partial charge < -0.3 is 15.0 Å². The Kier molecular flexibility index (Phi) is 4.74. The van der Waals surface area contributed by atoms with E-state index in [1.807, 2.05) is 19.2 Å². The first-order chi connectivity index (χ1) is 9.20. The fourth-order valence-electron chi connectivity index (χ4n) is 2.21. The van der Waals surface area contributed by atoms with Crippen molar-refractivity contribution < 1.29 is 9.53 Å². The molecule has 0 spiro atoms. The van der Waals surface area contributed by atoms with Crippen molar-refractivity contribution in [3.05, 3.63) is 18.3 Å². The van der Waals surface area contributed by atoms with E-state index in [1.165, 1.54) is 0 Å². The number of anilines is 2. The second-order valence-corrected chi connectivity index (χ2v) is 4.86. The molecule has 0 unspecified atom stereocenters. The van der Waals surface area contributed by atoms with Crippen LogP contribution in [0.1, 0.15) is 19.3 Å². The molecule has 0 saturated carbocycles. The van der Waals surface area contributed by atoms with E-state index in [1.54, 1.807) is 18.1 Å². The topological polar surface area (TPSA) is 54.5 Å². The molecular formula is C14H21N3O2. The number of pyridine rings is 1. The third kappa shape index (κ3) is 3.67. The van der Waals surface area contributed by atoms with Crippen LogP contribution in [0.2, 0.25) is 0 Å². The number of amides is 1. The average Bonchev–Trinajstić information content (AvgIpc) is 2.47. The fraction of sp³-hybridized carbons (Fsp3) is 0.571. The highest BCUT2D eigenvalue weighted by Crippen LogP contribution is 2.21. The first-order valence-electron chi connectivity index (χ1n) is 6.69. The molecule has 1 aromatic heterocycles. The van der Waals surface area contributed by atoms with Gasteiger partial charge in [-0.25, -0.2) is 4.98 Å². The molecule has 1 aliphatic rings. The first-order valence-corrected chi connectivity index (χ1v) is 6.69. The minimum Gasteiger partial charge on any atom is -0.381 e. The van der Waals surface area contributed by atoms with E-state index < -0.39 is 0 Å². The molecule has 0 bridgehead atoms. The molecule has 0 aliphatic carbocycles. The maximum Gasteiger partial charge on any atom is 0.227 e. The van der Waals surface area contributed by atoms with E-state index in [-0.39, 0.29) is 5.91 Å². The quantitative estimate of drug-likeness (QED) is 0.901. The van der Waals surface area contributed by atoms with Gasteiger partial charge in [-0.3, -0.25) is 4.79 Å². The number of hydrogen-bond donors (Lipinski definition) is 1. The van der Waals surface area contributed by atoms with Gasteiger partial charge in [0.05, 0.1) is 11.9 Å². The fourth-order valence-corrected chi connectivity index (χ4v) is 2.21. The molecule has 1 aromatic rings. The van der Waals surface area contributed by atoms with Crippen molar-refractivity contribution in [2.45, 2.75) is 19.3 Å². The summed E-state index contributed by atoms with van der Waals surface area (Å²) in [5, 5.41) is 2.96. The summed E-state index contributed by atoms with van der Waals surface area (Å²) in [6.45, 7) is 1.56. The summed E-state index contributed by atoms with van der Waals surface area (Å²) < 4.78 is 5.31. The molecule has 1 N–H and O–H groups in total. The van der Waals surface area contributed by atoms with Gasteiger partial charge in [0, 0.05) is 33.7 Å². The lowest BCUT2D eigenvalue weighted by atomic mass is 9.96. The molecular weight excluding hydrogens is 242 g/mol. The molecule has 0 radical (unpaired) electrons. The SMILES string of the molecule is CNc1ccc(N(C)C(=O)CC2CCOCC2)cn1. The van der Waals surface area contributed by atoms with E-state index in [0.717, 1.165) is 37.6 Å². The number of rotatable bonds is 4. The minimum atomic E-state index is 0.144. The second kappa shape index (κ2) is 6.52. The average molecular weight is 263 g/mol. The van der Waals surface area contributed by atoms with Crippen molar-refractivity contribution in [1.82, 2.24) is 4.98 Å². The molecule has 0 aromatic carbocycles. The molecule has 1 amide bonds. The van der Waals surface area contributed by atoms with Gasteiger partial charge >= 0.3 is 0 Å². The lowest BCUT2D eigenvalue weighted by Gasteiger charge is -2.24. The Labute approximate surface area is 114 Å². The summed E-state index contributed by atoms with van der Waals surface area (Å²) in [5.41, 5.74) is 0.830. The summed E-state index contributed by atoms with van der Waals surface area (Å²) in [4.78, 5) is 18.1. The largest absolute Gasteiger partial charge is 0.381 e. The van der Waals surface area contributed by atoms with Crippen molar-refractivity contribution in [2.75, 3.05) is 37.5 Å². The van der Waals surface area contributed by atoms with Crippen LogP contribution in [0.25, 0.3) is 0 Å². The molecule has 5 heteroatoms. The third-order valence-corrected chi connectivity index (χ3v) is 3.57. The summed E-state index contributed by atoms with van der Waals surface area (Å²) in [6.07, 6.45) is 4.27. The predicted octanol–water partition coefficient (Wildman–Crippen LogP) is 1.90.